The Kier molecular flexibility index (Phi) is 6.33. The molecule has 1 aliphatic rings. The Bertz CT molecular complexity index is 1660. The van der Waals surface area contributed by atoms with Gasteiger partial charge in [-0.25, -0.2) is 4.99 Å². The fourth-order valence-electron chi connectivity index (χ4n) is 4.10. The SMILES string of the molecule is O=[N+]([O-])c1ccc(-c2csc(=Nc3ccc(Oc4ccccc4)cc3)n2Cc2ccc3c(c2)OCO3)cc1. The molecule has 5 aromatic rings. The van der Waals surface area contributed by atoms with Crippen molar-refractivity contribution in [1.29, 1.82) is 0 Å². The zero-order valence-corrected chi connectivity index (χ0v) is 20.8. The summed E-state index contributed by atoms with van der Waals surface area (Å²) in [5, 5.41) is 13.2. The number of fused-ring (bicyclic) bond motifs is 1. The second-order valence-electron chi connectivity index (χ2n) is 8.50. The Hall–Kier alpha value is -4.89. The van der Waals surface area contributed by atoms with Crippen molar-refractivity contribution >= 4 is 22.7 Å². The summed E-state index contributed by atoms with van der Waals surface area (Å²) >= 11 is 1.50. The Morgan fingerprint density at radius 2 is 1.63 bits per heavy atom. The third-order valence-corrected chi connectivity index (χ3v) is 6.85. The second-order valence-corrected chi connectivity index (χ2v) is 9.34. The maximum absolute atomic E-state index is 11.1. The fraction of sp³-hybridized carbons (Fsp3) is 0.0690. The average molecular weight is 524 g/mol. The summed E-state index contributed by atoms with van der Waals surface area (Å²) < 4.78 is 19.0. The molecule has 0 aliphatic carbocycles. The van der Waals surface area contributed by atoms with E-state index in [1.165, 1.54) is 23.5 Å². The molecule has 0 radical (unpaired) electrons. The Labute approximate surface area is 221 Å². The normalized spacial score (nSPS) is 12.5. The van der Waals surface area contributed by atoms with Crippen molar-refractivity contribution in [2.24, 2.45) is 4.99 Å². The van der Waals surface area contributed by atoms with Gasteiger partial charge in [0.05, 0.1) is 22.8 Å². The number of non-ortho nitro benzene ring substituents is 1. The van der Waals surface area contributed by atoms with E-state index in [9.17, 15) is 10.1 Å². The van der Waals surface area contributed by atoms with Gasteiger partial charge in [-0.3, -0.25) is 10.1 Å². The Morgan fingerprint density at radius 1 is 0.895 bits per heavy atom. The number of aromatic nitrogens is 1. The molecule has 6 rings (SSSR count). The number of ether oxygens (including phenoxy) is 3. The Balaban J connectivity index is 1.36. The lowest BCUT2D eigenvalue weighted by Crippen LogP contribution is -2.16. The lowest BCUT2D eigenvalue weighted by atomic mass is 10.1. The van der Waals surface area contributed by atoms with E-state index in [0.717, 1.165) is 44.6 Å². The minimum atomic E-state index is -0.399. The molecule has 0 N–H and O–H groups in total. The summed E-state index contributed by atoms with van der Waals surface area (Å²) in [6.45, 7) is 0.740. The highest BCUT2D eigenvalue weighted by atomic mass is 32.1. The molecule has 0 fully saturated rings. The molecule has 0 atom stereocenters. The van der Waals surface area contributed by atoms with Gasteiger partial charge in [0.15, 0.2) is 16.3 Å². The van der Waals surface area contributed by atoms with Crippen LogP contribution in [0.5, 0.6) is 23.0 Å². The molecule has 38 heavy (non-hydrogen) atoms. The summed E-state index contributed by atoms with van der Waals surface area (Å²) in [6, 6.07) is 29.6. The van der Waals surface area contributed by atoms with Gasteiger partial charge in [-0.15, -0.1) is 11.3 Å². The van der Waals surface area contributed by atoms with Gasteiger partial charge in [0.1, 0.15) is 11.5 Å². The van der Waals surface area contributed by atoms with Crippen molar-refractivity contribution in [2.75, 3.05) is 6.79 Å². The summed E-state index contributed by atoms with van der Waals surface area (Å²) in [5.41, 5.74) is 3.62. The van der Waals surface area contributed by atoms with Crippen molar-refractivity contribution in [1.82, 2.24) is 4.57 Å². The molecule has 0 saturated heterocycles. The highest BCUT2D eigenvalue weighted by Gasteiger charge is 2.16. The lowest BCUT2D eigenvalue weighted by Gasteiger charge is -2.10. The number of rotatable bonds is 7. The van der Waals surface area contributed by atoms with E-state index in [2.05, 4.69) is 4.57 Å². The molecule has 2 heterocycles. The predicted molar refractivity (Wildman–Crippen MR) is 144 cm³/mol. The van der Waals surface area contributed by atoms with Crippen LogP contribution in [-0.4, -0.2) is 16.3 Å². The topological polar surface area (TPSA) is 88.1 Å². The van der Waals surface area contributed by atoms with Crippen LogP contribution in [0.2, 0.25) is 0 Å². The summed E-state index contributed by atoms with van der Waals surface area (Å²) in [4.78, 5) is 16.4. The van der Waals surface area contributed by atoms with Gasteiger partial charge < -0.3 is 18.8 Å². The van der Waals surface area contributed by atoms with Crippen LogP contribution in [0, 0.1) is 10.1 Å². The van der Waals surface area contributed by atoms with Crippen molar-refractivity contribution < 1.29 is 19.1 Å². The molecule has 8 nitrogen and oxygen atoms in total. The lowest BCUT2D eigenvalue weighted by molar-refractivity contribution is -0.384. The van der Waals surface area contributed by atoms with Crippen molar-refractivity contribution in [3.8, 4) is 34.3 Å². The van der Waals surface area contributed by atoms with Crippen LogP contribution < -0.4 is 19.0 Å². The Morgan fingerprint density at radius 3 is 2.39 bits per heavy atom. The van der Waals surface area contributed by atoms with E-state index in [-0.39, 0.29) is 12.5 Å². The van der Waals surface area contributed by atoms with Crippen LogP contribution in [0.3, 0.4) is 0 Å². The molecule has 1 aliphatic heterocycles. The first-order valence-corrected chi connectivity index (χ1v) is 12.7. The van der Waals surface area contributed by atoms with Crippen molar-refractivity contribution in [3.63, 3.8) is 0 Å². The molecule has 4 aromatic carbocycles. The van der Waals surface area contributed by atoms with Crippen LogP contribution in [0.25, 0.3) is 11.3 Å². The van der Waals surface area contributed by atoms with Gasteiger partial charge in [0, 0.05) is 17.5 Å². The fourth-order valence-corrected chi connectivity index (χ4v) is 5.03. The molecular weight excluding hydrogens is 502 g/mol. The third-order valence-electron chi connectivity index (χ3n) is 5.99. The molecule has 9 heteroatoms. The molecule has 188 valence electrons. The van der Waals surface area contributed by atoms with Gasteiger partial charge in [-0.05, 0) is 71.8 Å². The van der Waals surface area contributed by atoms with Gasteiger partial charge in [-0.2, -0.15) is 0 Å². The van der Waals surface area contributed by atoms with E-state index in [4.69, 9.17) is 19.2 Å². The third kappa shape index (κ3) is 5.00. The maximum atomic E-state index is 11.1. The number of benzene rings is 4. The second kappa shape index (κ2) is 10.2. The molecule has 0 bridgehead atoms. The number of nitrogens with zero attached hydrogens (tertiary/aromatic N) is 3. The summed E-state index contributed by atoms with van der Waals surface area (Å²) in [7, 11) is 0. The first-order chi connectivity index (χ1) is 18.6. The number of nitro benzene ring substituents is 1. The molecule has 0 saturated carbocycles. The number of para-hydroxylation sites is 1. The smallest absolute Gasteiger partial charge is 0.269 e. The number of thiazole rings is 1. The highest BCUT2D eigenvalue weighted by Crippen LogP contribution is 2.33. The van der Waals surface area contributed by atoms with Crippen LogP contribution in [-0.2, 0) is 6.54 Å². The minimum Gasteiger partial charge on any atom is -0.457 e. The highest BCUT2D eigenvalue weighted by molar-refractivity contribution is 7.07. The van der Waals surface area contributed by atoms with E-state index in [1.807, 2.05) is 78.2 Å². The molecule has 1 aromatic heterocycles. The zero-order chi connectivity index (χ0) is 25.9. The largest absolute Gasteiger partial charge is 0.457 e. The van der Waals surface area contributed by atoms with Crippen LogP contribution in [0.4, 0.5) is 11.4 Å². The predicted octanol–water partition coefficient (Wildman–Crippen LogP) is 6.93. The van der Waals surface area contributed by atoms with Crippen LogP contribution in [0.15, 0.2) is 107 Å². The zero-order valence-electron chi connectivity index (χ0n) is 20.0. The first kappa shape index (κ1) is 23.5. The van der Waals surface area contributed by atoms with E-state index in [1.54, 1.807) is 12.1 Å². The first-order valence-electron chi connectivity index (χ1n) is 11.8. The number of nitro groups is 1. The summed E-state index contributed by atoms with van der Waals surface area (Å²) in [5.74, 6) is 2.93. The molecule has 0 amide bonds. The number of hydrogen-bond donors (Lipinski definition) is 0. The maximum Gasteiger partial charge on any atom is 0.269 e. The van der Waals surface area contributed by atoms with Crippen LogP contribution in [0.1, 0.15) is 5.56 Å². The molecule has 0 spiro atoms. The van der Waals surface area contributed by atoms with Crippen molar-refractivity contribution in [2.45, 2.75) is 6.54 Å². The van der Waals surface area contributed by atoms with Gasteiger partial charge in [-0.1, -0.05) is 24.3 Å². The van der Waals surface area contributed by atoms with Crippen molar-refractivity contribution in [3.05, 3.63) is 123 Å². The van der Waals surface area contributed by atoms with E-state index < -0.39 is 4.92 Å². The van der Waals surface area contributed by atoms with Gasteiger partial charge in [0.2, 0.25) is 6.79 Å². The van der Waals surface area contributed by atoms with E-state index >= 15 is 0 Å². The molecule has 0 unspecified atom stereocenters. The van der Waals surface area contributed by atoms with Gasteiger partial charge >= 0.3 is 0 Å². The standard InChI is InChI=1S/C29H21N3O5S/c33-32(34)23-11-7-21(8-12-23)26-18-38-29(31(26)17-20-6-15-27-28(16-20)36-19-35-27)30-22-9-13-25(14-10-22)37-24-4-2-1-3-5-24/h1-16,18H,17,19H2. The van der Waals surface area contributed by atoms with Crippen LogP contribution >= 0.6 is 11.3 Å². The summed E-state index contributed by atoms with van der Waals surface area (Å²) in [6.07, 6.45) is 0. The van der Waals surface area contributed by atoms with Gasteiger partial charge in [0.25, 0.3) is 5.69 Å². The van der Waals surface area contributed by atoms with E-state index in [0.29, 0.717) is 12.3 Å². The minimum absolute atomic E-state index is 0.0500. The average Bonchev–Trinajstić information content (AvgIpc) is 3.57. The number of hydrogen-bond acceptors (Lipinski definition) is 7. The quantitative estimate of drug-likeness (QED) is 0.171. The molecular formula is C29H21N3O5S. The monoisotopic (exact) mass is 523 g/mol.